The fraction of sp³-hybridized carbons (Fsp3) is 0.743. The largest absolute Gasteiger partial charge is 0.416 e. The van der Waals surface area contributed by atoms with Crippen molar-refractivity contribution in [2.24, 2.45) is 5.92 Å². The first-order chi connectivity index (χ1) is 21.8. The van der Waals surface area contributed by atoms with Gasteiger partial charge in [-0.2, -0.15) is 0 Å². The highest BCUT2D eigenvalue weighted by Crippen LogP contribution is 2.47. The fourth-order valence-corrected chi connectivity index (χ4v) is 15.0. The molecule has 2 aromatic rings. The van der Waals surface area contributed by atoms with Crippen molar-refractivity contribution in [1.29, 1.82) is 0 Å². The Labute approximate surface area is 287 Å². The number of anilines is 1. The third-order valence-electron chi connectivity index (χ3n) is 11.0. The Kier molecular flexibility index (Phi) is 12.0. The molecule has 0 radical (unpaired) electrons. The number of thiophene rings is 1. The zero-order valence-corrected chi connectivity index (χ0v) is 33.3. The lowest BCUT2D eigenvalue weighted by Gasteiger charge is -2.45. The van der Waals surface area contributed by atoms with Crippen molar-refractivity contribution in [1.82, 2.24) is 14.9 Å². The predicted octanol–water partition coefficient (Wildman–Crippen LogP) is 9.38. The number of nitrogens with zero attached hydrogens (tertiary/aromatic N) is 3. The van der Waals surface area contributed by atoms with E-state index in [9.17, 15) is 13.6 Å². The summed E-state index contributed by atoms with van der Waals surface area (Å²) in [5, 5.41) is 5.63. The van der Waals surface area contributed by atoms with E-state index in [0.29, 0.717) is 52.6 Å². The summed E-state index contributed by atoms with van der Waals surface area (Å²) in [6.07, 6.45) is 4.66. The second kappa shape index (κ2) is 14.7. The summed E-state index contributed by atoms with van der Waals surface area (Å²) in [6, 6.07) is 1.88. The van der Waals surface area contributed by atoms with E-state index in [1.165, 1.54) is 17.7 Å². The van der Waals surface area contributed by atoms with E-state index >= 15 is 0 Å². The second-order valence-electron chi connectivity index (χ2n) is 16.4. The maximum Gasteiger partial charge on any atom is 0.261 e. The zero-order valence-electron chi connectivity index (χ0n) is 30.5. The summed E-state index contributed by atoms with van der Waals surface area (Å²) in [7, 11) is -4.13. The van der Waals surface area contributed by atoms with Crippen LogP contribution < -0.4 is 5.32 Å². The lowest BCUT2D eigenvalue weighted by molar-refractivity contribution is 0.0115. The van der Waals surface area contributed by atoms with Crippen molar-refractivity contribution in [3.63, 3.8) is 0 Å². The lowest BCUT2D eigenvalue weighted by Crippen LogP contribution is -2.51. The lowest BCUT2D eigenvalue weighted by atomic mass is 10.1. The summed E-state index contributed by atoms with van der Waals surface area (Å²) >= 11 is 1.34. The third kappa shape index (κ3) is 8.78. The molecule has 1 aliphatic heterocycles. The minimum atomic E-state index is -2.64. The van der Waals surface area contributed by atoms with E-state index in [1.54, 1.807) is 11.1 Å². The molecule has 7 nitrogen and oxygen atoms in total. The molecular formula is C35H58F2N4O3SSi2. The van der Waals surface area contributed by atoms with Gasteiger partial charge in [-0.3, -0.25) is 9.69 Å². The van der Waals surface area contributed by atoms with Crippen LogP contribution in [0.2, 0.25) is 34.8 Å². The molecule has 3 heterocycles. The SMILES string of the molecule is CC(C)[Si](O[C@H]1C[C@H](Nc2ncncc2C(=O)c2cc(CN3CCC(F)(F)C3)cs2)C[C@@H]1CO[Si](C)(C)C(C)(C)C)(C(C)C)C(C)C. The molecule has 264 valence electrons. The van der Waals surface area contributed by atoms with Crippen LogP contribution in [0.15, 0.2) is 24.0 Å². The predicted molar refractivity (Wildman–Crippen MR) is 194 cm³/mol. The van der Waals surface area contributed by atoms with Gasteiger partial charge in [0.25, 0.3) is 5.92 Å². The maximum atomic E-state index is 13.8. The van der Waals surface area contributed by atoms with Gasteiger partial charge in [-0.05, 0) is 64.6 Å². The van der Waals surface area contributed by atoms with Crippen molar-refractivity contribution in [2.45, 2.75) is 141 Å². The number of alkyl halides is 2. The zero-order chi connectivity index (χ0) is 34.9. The number of carbonyl (C=O) groups excluding carboxylic acids is 1. The van der Waals surface area contributed by atoms with Gasteiger partial charge in [0.15, 0.2) is 8.32 Å². The minimum Gasteiger partial charge on any atom is -0.416 e. The first kappa shape index (κ1) is 38.2. The average Bonchev–Trinajstić information content (AvgIpc) is 3.67. The van der Waals surface area contributed by atoms with E-state index in [0.717, 1.165) is 18.4 Å². The molecule has 2 aromatic heterocycles. The summed E-state index contributed by atoms with van der Waals surface area (Å²) in [5.41, 5.74) is 2.71. The van der Waals surface area contributed by atoms with Crippen LogP contribution in [0.5, 0.6) is 0 Å². The smallest absolute Gasteiger partial charge is 0.261 e. The van der Waals surface area contributed by atoms with Crippen LogP contribution in [0.3, 0.4) is 0 Å². The summed E-state index contributed by atoms with van der Waals surface area (Å²) < 4.78 is 41.7. The first-order valence-corrected chi connectivity index (χ1v) is 23.3. The molecule has 0 bridgehead atoms. The van der Waals surface area contributed by atoms with Crippen molar-refractivity contribution < 1.29 is 22.4 Å². The van der Waals surface area contributed by atoms with E-state index < -0.39 is 22.6 Å². The van der Waals surface area contributed by atoms with Crippen molar-refractivity contribution >= 4 is 39.6 Å². The molecule has 0 amide bonds. The number of hydrogen-bond acceptors (Lipinski definition) is 8. The molecule has 2 fully saturated rings. The molecule has 0 unspecified atom stereocenters. The molecule has 3 atom stereocenters. The van der Waals surface area contributed by atoms with Gasteiger partial charge in [-0.1, -0.05) is 62.3 Å². The Bertz CT molecular complexity index is 1340. The maximum absolute atomic E-state index is 13.8. The molecule has 12 heteroatoms. The molecule has 1 saturated carbocycles. The van der Waals surface area contributed by atoms with Gasteiger partial charge in [0.1, 0.15) is 12.1 Å². The summed E-state index contributed by atoms with van der Waals surface area (Å²) in [6.45, 7) is 26.6. The topological polar surface area (TPSA) is 76.6 Å². The number of hydrogen-bond donors (Lipinski definition) is 1. The van der Waals surface area contributed by atoms with Gasteiger partial charge in [0.2, 0.25) is 14.1 Å². The average molecular weight is 709 g/mol. The monoisotopic (exact) mass is 708 g/mol. The van der Waals surface area contributed by atoms with E-state index in [2.05, 4.69) is 90.7 Å². The van der Waals surface area contributed by atoms with Crippen LogP contribution in [-0.4, -0.2) is 75.1 Å². The van der Waals surface area contributed by atoms with Crippen LogP contribution in [0.4, 0.5) is 14.6 Å². The molecule has 1 N–H and O–H groups in total. The number of nitrogens with one attached hydrogen (secondary N) is 1. The highest BCUT2D eigenvalue weighted by Gasteiger charge is 2.50. The van der Waals surface area contributed by atoms with Crippen molar-refractivity contribution in [3.05, 3.63) is 40.0 Å². The van der Waals surface area contributed by atoms with Crippen LogP contribution in [-0.2, 0) is 15.4 Å². The van der Waals surface area contributed by atoms with Gasteiger partial charge in [-0.15, -0.1) is 11.3 Å². The molecule has 0 aromatic carbocycles. The Morgan fingerprint density at radius 2 is 1.79 bits per heavy atom. The van der Waals surface area contributed by atoms with Gasteiger partial charge in [0.05, 0.1) is 23.1 Å². The highest BCUT2D eigenvalue weighted by molar-refractivity contribution is 7.12. The van der Waals surface area contributed by atoms with Gasteiger partial charge >= 0.3 is 0 Å². The van der Waals surface area contributed by atoms with E-state index in [-0.39, 0.29) is 41.9 Å². The number of carbonyl (C=O) groups is 1. The van der Waals surface area contributed by atoms with Crippen LogP contribution >= 0.6 is 11.3 Å². The normalized spacial score (nSPS) is 22.6. The molecule has 1 saturated heterocycles. The van der Waals surface area contributed by atoms with Gasteiger partial charge in [-0.25, -0.2) is 18.7 Å². The number of likely N-dealkylation sites (tertiary alicyclic amines) is 1. The molecule has 1 aliphatic carbocycles. The summed E-state index contributed by atoms with van der Waals surface area (Å²) in [4.78, 5) is 24.8. The molecular weight excluding hydrogens is 651 g/mol. The van der Waals surface area contributed by atoms with E-state index in [4.69, 9.17) is 8.85 Å². The van der Waals surface area contributed by atoms with Crippen LogP contribution in [0.1, 0.15) is 102 Å². The Morgan fingerprint density at radius 1 is 1.13 bits per heavy atom. The van der Waals surface area contributed by atoms with Gasteiger partial charge < -0.3 is 14.2 Å². The Hall–Kier alpha value is -1.58. The molecule has 0 spiro atoms. The van der Waals surface area contributed by atoms with Crippen LogP contribution in [0, 0.1) is 5.92 Å². The minimum absolute atomic E-state index is 0.0509. The van der Waals surface area contributed by atoms with Crippen LogP contribution in [0.25, 0.3) is 0 Å². The fourth-order valence-electron chi connectivity index (χ4n) is 7.44. The quantitative estimate of drug-likeness (QED) is 0.155. The second-order valence-corrected chi connectivity index (χ2v) is 27.5. The van der Waals surface area contributed by atoms with E-state index in [1.807, 2.05) is 11.4 Å². The Morgan fingerprint density at radius 3 is 2.36 bits per heavy atom. The van der Waals surface area contributed by atoms with Crippen molar-refractivity contribution in [3.8, 4) is 0 Å². The Balaban J connectivity index is 1.54. The number of rotatable bonds is 14. The number of aromatic nitrogens is 2. The van der Waals surface area contributed by atoms with Crippen molar-refractivity contribution in [2.75, 3.05) is 25.0 Å². The molecule has 4 rings (SSSR count). The third-order valence-corrected chi connectivity index (χ3v) is 22.6. The first-order valence-electron chi connectivity index (χ1n) is 17.4. The highest BCUT2D eigenvalue weighted by atomic mass is 32.1. The molecule has 47 heavy (non-hydrogen) atoms. The number of halogens is 2. The van der Waals surface area contributed by atoms with Gasteiger partial charge in [0, 0.05) is 44.3 Å². The molecule has 2 aliphatic rings. The standard InChI is InChI=1S/C35H58F2N4O3SSi2/c1-23(2)47(24(3)4,25(5)6)44-30-16-28(15-27(30)19-43-46(10,11)34(7,8)9)40-33-29(17-38-22-39-33)32(42)31-14-26(20-45-31)18-41-13-12-35(36,37)21-41/h14,17,20,22-25,27-28,30H,12-13,15-16,18-19,21H2,1-11H3,(H,38,39,40)/t27-,28-,30+/m1/s1. The summed E-state index contributed by atoms with van der Waals surface area (Å²) in [5.74, 6) is -2.05. The number of ketones is 1.